The highest BCUT2D eigenvalue weighted by Gasteiger charge is 2.40. The van der Waals surface area contributed by atoms with Gasteiger partial charge in [-0.2, -0.15) is 0 Å². The fourth-order valence-corrected chi connectivity index (χ4v) is 4.13. The molecule has 0 atom stereocenters. The number of anilines is 2. The van der Waals surface area contributed by atoms with Crippen LogP contribution in [-0.4, -0.2) is 48.4 Å². The molecule has 0 radical (unpaired) electrons. The number of ether oxygens (including phenoxy) is 2. The van der Waals surface area contributed by atoms with E-state index in [9.17, 15) is 9.18 Å². The topological polar surface area (TPSA) is 85.7 Å². The van der Waals surface area contributed by atoms with Crippen LogP contribution in [0.3, 0.4) is 0 Å². The van der Waals surface area contributed by atoms with Crippen LogP contribution in [0.5, 0.6) is 5.75 Å². The lowest BCUT2D eigenvalue weighted by atomic mass is 9.74. The van der Waals surface area contributed by atoms with Crippen molar-refractivity contribution in [1.82, 2.24) is 9.97 Å². The standard InChI is InChI=1S/C27H33FN4O3/c1-17(2)9-20(14-29-5)23-8-7-21(11-25(23)34-6)30-26-31-22(10-24(32-26)18(3)33)16-35-15-19-12-27(4,28)13-19/h7-11,14,19H,1,12-13,15-16H2,2-6H3,(H,30,31,32)/b20-9+,29-14?. The Bertz CT molecular complexity index is 1150. The second kappa shape index (κ2) is 11.4. The number of benzene rings is 1. The summed E-state index contributed by atoms with van der Waals surface area (Å²) < 4.78 is 25.0. The maximum absolute atomic E-state index is 13.7. The fraction of sp³-hybridized carbons (Fsp3) is 0.407. The number of Topliss-reactive ketones (excluding diaryl/α,β-unsaturated/α-hetero) is 1. The van der Waals surface area contributed by atoms with E-state index in [1.807, 2.05) is 31.2 Å². The average molecular weight is 481 g/mol. The number of allylic oxidation sites excluding steroid dienone is 3. The summed E-state index contributed by atoms with van der Waals surface area (Å²) in [5, 5.41) is 3.16. The van der Waals surface area contributed by atoms with Gasteiger partial charge in [-0.05, 0) is 50.8 Å². The van der Waals surface area contributed by atoms with Crippen LogP contribution >= 0.6 is 0 Å². The van der Waals surface area contributed by atoms with E-state index in [2.05, 4.69) is 26.9 Å². The minimum absolute atomic E-state index is 0.176. The number of ketones is 1. The predicted octanol–water partition coefficient (Wildman–Crippen LogP) is 5.75. The molecular formula is C27H33FN4O3. The van der Waals surface area contributed by atoms with Crippen LogP contribution in [0.2, 0.25) is 0 Å². The molecule has 0 amide bonds. The molecule has 7 nitrogen and oxygen atoms in total. The summed E-state index contributed by atoms with van der Waals surface area (Å²) in [6.07, 6.45) is 4.70. The lowest BCUT2D eigenvalue weighted by molar-refractivity contribution is -0.0305. The van der Waals surface area contributed by atoms with Gasteiger partial charge in [-0.15, -0.1) is 0 Å². The molecule has 1 fully saturated rings. The molecule has 1 aliphatic carbocycles. The third-order valence-corrected chi connectivity index (χ3v) is 5.61. The van der Waals surface area contributed by atoms with E-state index in [1.54, 1.807) is 33.4 Å². The van der Waals surface area contributed by atoms with Crippen LogP contribution in [-0.2, 0) is 11.3 Å². The molecule has 0 saturated heterocycles. The van der Waals surface area contributed by atoms with Crippen LogP contribution in [0.25, 0.3) is 5.57 Å². The van der Waals surface area contributed by atoms with Gasteiger partial charge in [0.25, 0.3) is 0 Å². The molecule has 2 aromatic rings. The third kappa shape index (κ3) is 7.29. The van der Waals surface area contributed by atoms with Gasteiger partial charge in [0.1, 0.15) is 17.1 Å². The number of rotatable bonds is 11. The maximum atomic E-state index is 13.7. The zero-order chi connectivity index (χ0) is 25.6. The monoisotopic (exact) mass is 480 g/mol. The molecule has 1 aliphatic rings. The smallest absolute Gasteiger partial charge is 0.228 e. The van der Waals surface area contributed by atoms with Crippen LogP contribution in [0.4, 0.5) is 16.0 Å². The van der Waals surface area contributed by atoms with Gasteiger partial charge in [0.2, 0.25) is 5.95 Å². The Kier molecular flexibility index (Phi) is 8.51. The average Bonchev–Trinajstić information content (AvgIpc) is 2.77. The van der Waals surface area contributed by atoms with Crippen LogP contribution < -0.4 is 10.1 Å². The molecule has 1 saturated carbocycles. The zero-order valence-electron chi connectivity index (χ0n) is 21.0. The Labute approximate surface area is 206 Å². The Morgan fingerprint density at radius 3 is 2.66 bits per heavy atom. The van der Waals surface area contributed by atoms with E-state index in [4.69, 9.17) is 9.47 Å². The second-order valence-corrected chi connectivity index (χ2v) is 9.20. The van der Waals surface area contributed by atoms with Crippen molar-refractivity contribution in [2.24, 2.45) is 10.9 Å². The van der Waals surface area contributed by atoms with E-state index in [-0.39, 0.29) is 30.0 Å². The largest absolute Gasteiger partial charge is 0.496 e. The van der Waals surface area contributed by atoms with Crippen molar-refractivity contribution in [2.45, 2.75) is 45.9 Å². The summed E-state index contributed by atoms with van der Waals surface area (Å²) in [7, 11) is 3.31. The first kappa shape index (κ1) is 26.2. The molecule has 35 heavy (non-hydrogen) atoms. The first-order valence-corrected chi connectivity index (χ1v) is 11.5. The Hall–Kier alpha value is -3.39. The summed E-state index contributed by atoms with van der Waals surface area (Å²) in [5.41, 5.74) is 3.10. The van der Waals surface area contributed by atoms with Crippen molar-refractivity contribution in [3.8, 4) is 5.75 Å². The minimum Gasteiger partial charge on any atom is -0.496 e. The summed E-state index contributed by atoms with van der Waals surface area (Å²) >= 11 is 0. The lowest BCUT2D eigenvalue weighted by Crippen LogP contribution is -2.39. The van der Waals surface area contributed by atoms with Crippen molar-refractivity contribution < 1.29 is 18.7 Å². The number of hydrogen-bond donors (Lipinski definition) is 1. The molecule has 0 aliphatic heterocycles. The maximum Gasteiger partial charge on any atom is 0.228 e. The first-order valence-electron chi connectivity index (χ1n) is 11.5. The van der Waals surface area contributed by atoms with Crippen molar-refractivity contribution >= 4 is 29.2 Å². The highest BCUT2D eigenvalue weighted by atomic mass is 19.1. The number of nitrogens with one attached hydrogen (secondary N) is 1. The third-order valence-electron chi connectivity index (χ3n) is 5.61. The van der Waals surface area contributed by atoms with Gasteiger partial charge >= 0.3 is 0 Å². The van der Waals surface area contributed by atoms with Gasteiger partial charge in [-0.25, -0.2) is 14.4 Å². The number of hydrogen-bond acceptors (Lipinski definition) is 7. The number of methoxy groups -OCH3 is 1. The number of aromatic nitrogens is 2. The number of halogens is 1. The van der Waals surface area contributed by atoms with E-state index in [0.29, 0.717) is 36.6 Å². The van der Waals surface area contributed by atoms with Crippen LogP contribution in [0.15, 0.2) is 47.5 Å². The molecule has 1 N–H and O–H groups in total. The van der Waals surface area contributed by atoms with Crippen molar-refractivity contribution in [3.63, 3.8) is 0 Å². The molecule has 1 aromatic carbocycles. The Morgan fingerprint density at radius 2 is 2.06 bits per heavy atom. The van der Waals surface area contributed by atoms with E-state index in [0.717, 1.165) is 16.7 Å². The molecule has 8 heteroatoms. The summed E-state index contributed by atoms with van der Waals surface area (Å²) in [5.74, 6) is 0.947. The molecule has 1 aromatic heterocycles. The van der Waals surface area contributed by atoms with Gasteiger partial charge in [0.05, 0.1) is 26.0 Å². The molecule has 0 bridgehead atoms. The SMILES string of the molecule is C=C(C)/C=C(\C=NC)c1ccc(Nc2nc(COCC3CC(C)(F)C3)cc(C(C)=O)n2)cc1OC. The zero-order valence-corrected chi connectivity index (χ0v) is 21.0. The number of aliphatic imine (C=N–C) groups is 1. The van der Waals surface area contributed by atoms with Gasteiger partial charge < -0.3 is 14.8 Å². The molecule has 0 spiro atoms. The van der Waals surface area contributed by atoms with Crippen LogP contribution in [0.1, 0.15) is 55.4 Å². The Balaban J connectivity index is 1.79. The quantitative estimate of drug-likeness (QED) is 0.251. The van der Waals surface area contributed by atoms with Gasteiger partial charge in [0.15, 0.2) is 5.78 Å². The highest BCUT2D eigenvalue weighted by molar-refractivity contribution is 6.11. The number of alkyl halides is 1. The van der Waals surface area contributed by atoms with Gasteiger partial charge in [0, 0.05) is 43.1 Å². The van der Waals surface area contributed by atoms with Crippen molar-refractivity contribution in [3.05, 3.63) is 59.4 Å². The molecule has 186 valence electrons. The summed E-state index contributed by atoms with van der Waals surface area (Å²) in [6, 6.07) is 7.23. The molecular weight excluding hydrogens is 447 g/mol. The fourth-order valence-electron chi connectivity index (χ4n) is 4.13. The van der Waals surface area contributed by atoms with Crippen LogP contribution in [0, 0.1) is 5.92 Å². The lowest BCUT2D eigenvalue weighted by Gasteiger charge is -2.38. The second-order valence-electron chi connectivity index (χ2n) is 9.20. The normalized spacial score (nSPS) is 19.9. The van der Waals surface area contributed by atoms with E-state index >= 15 is 0 Å². The summed E-state index contributed by atoms with van der Waals surface area (Å²) in [6.45, 7) is 9.60. The van der Waals surface area contributed by atoms with Crippen molar-refractivity contribution in [1.29, 1.82) is 0 Å². The molecule has 0 unspecified atom stereocenters. The predicted molar refractivity (Wildman–Crippen MR) is 137 cm³/mol. The number of nitrogens with zero attached hydrogens (tertiary/aromatic N) is 3. The molecule has 3 rings (SSSR count). The van der Waals surface area contributed by atoms with Gasteiger partial charge in [-0.1, -0.05) is 18.2 Å². The van der Waals surface area contributed by atoms with Crippen molar-refractivity contribution in [2.75, 3.05) is 26.1 Å². The Morgan fingerprint density at radius 1 is 1.31 bits per heavy atom. The number of carbonyl (C=O) groups excluding carboxylic acids is 1. The molecule has 1 heterocycles. The van der Waals surface area contributed by atoms with Gasteiger partial charge in [-0.3, -0.25) is 9.79 Å². The minimum atomic E-state index is -1.08. The van der Waals surface area contributed by atoms with E-state index < -0.39 is 5.67 Å². The first-order chi connectivity index (χ1) is 16.6. The van der Waals surface area contributed by atoms with E-state index in [1.165, 1.54) is 6.92 Å². The number of carbonyl (C=O) groups is 1. The highest BCUT2D eigenvalue weighted by Crippen LogP contribution is 2.40. The summed E-state index contributed by atoms with van der Waals surface area (Å²) in [4.78, 5) is 25.0.